The minimum absolute atomic E-state index is 0.436. The molecule has 0 radical (unpaired) electrons. The number of hydrogen-bond acceptors (Lipinski definition) is 2. The van der Waals surface area contributed by atoms with E-state index in [1.807, 2.05) is 0 Å². The van der Waals surface area contributed by atoms with Crippen LogP contribution in [0.4, 0.5) is 0 Å². The molecule has 0 aliphatic carbocycles. The van der Waals surface area contributed by atoms with Gasteiger partial charge in [0.15, 0.2) is 0 Å². The van der Waals surface area contributed by atoms with E-state index < -0.39 is 6.10 Å². The van der Waals surface area contributed by atoms with E-state index in [1.165, 1.54) is 11.3 Å². The summed E-state index contributed by atoms with van der Waals surface area (Å²) in [7, 11) is 0. The molecule has 2 aromatic rings. The summed E-state index contributed by atoms with van der Waals surface area (Å²) in [6, 6.07) is 6.71. The third-order valence-corrected chi connectivity index (χ3v) is 5.28. The van der Waals surface area contributed by atoms with Crippen molar-refractivity contribution in [1.29, 1.82) is 0 Å². The van der Waals surface area contributed by atoms with Crippen LogP contribution in [-0.2, 0) is 0 Å². The quantitative estimate of drug-likeness (QED) is 0.732. The van der Waals surface area contributed by atoms with Crippen molar-refractivity contribution in [1.82, 2.24) is 0 Å². The van der Waals surface area contributed by atoms with Crippen LogP contribution in [0.3, 0.4) is 0 Å². The van der Waals surface area contributed by atoms with Gasteiger partial charge < -0.3 is 5.11 Å². The highest BCUT2D eigenvalue weighted by Crippen LogP contribution is 2.39. The molecular formula is C11H6BrCl3OS. The maximum absolute atomic E-state index is 10.2. The largest absolute Gasteiger partial charge is 0.383 e. The first-order chi connectivity index (χ1) is 7.99. The number of aliphatic hydroxyl groups is 1. The van der Waals surface area contributed by atoms with Crippen LogP contribution in [0.25, 0.3) is 0 Å². The van der Waals surface area contributed by atoms with Crippen molar-refractivity contribution in [3.8, 4) is 0 Å². The van der Waals surface area contributed by atoms with Crippen LogP contribution in [0.5, 0.6) is 0 Å². The molecule has 0 aliphatic rings. The Hall–Kier alpha value is 0.230. The average molecular weight is 372 g/mol. The molecule has 6 heteroatoms. The molecule has 0 amide bonds. The molecule has 0 saturated heterocycles. The molecule has 2 rings (SSSR count). The third-order valence-electron chi connectivity index (χ3n) is 2.19. The van der Waals surface area contributed by atoms with Gasteiger partial charge in [0.1, 0.15) is 6.10 Å². The van der Waals surface area contributed by atoms with Gasteiger partial charge >= 0.3 is 0 Å². The summed E-state index contributed by atoms with van der Waals surface area (Å²) in [6.45, 7) is 0. The maximum atomic E-state index is 10.2. The molecule has 1 unspecified atom stereocenters. The number of aliphatic hydroxyl groups excluding tert-OH is 1. The van der Waals surface area contributed by atoms with Crippen LogP contribution in [0.15, 0.2) is 28.1 Å². The molecule has 0 bridgehead atoms. The fourth-order valence-electron chi connectivity index (χ4n) is 1.37. The lowest BCUT2D eigenvalue weighted by Crippen LogP contribution is -1.97. The predicted molar refractivity (Wildman–Crippen MR) is 77.6 cm³/mol. The van der Waals surface area contributed by atoms with Crippen molar-refractivity contribution in [3.05, 3.63) is 53.6 Å². The van der Waals surface area contributed by atoms with E-state index in [1.54, 1.807) is 24.3 Å². The van der Waals surface area contributed by atoms with Crippen LogP contribution >= 0.6 is 62.1 Å². The topological polar surface area (TPSA) is 20.2 Å². The van der Waals surface area contributed by atoms with E-state index in [0.717, 1.165) is 8.66 Å². The number of halogens is 4. The van der Waals surface area contributed by atoms with Gasteiger partial charge in [-0.1, -0.05) is 40.9 Å². The Balaban J connectivity index is 2.39. The fraction of sp³-hybridized carbons (Fsp3) is 0.0909. The zero-order valence-electron chi connectivity index (χ0n) is 8.25. The summed E-state index contributed by atoms with van der Waals surface area (Å²) in [5, 5.41) is 11.8. The normalized spacial score (nSPS) is 12.8. The van der Waals surface area contributed by atoms with Gasteiger partial charge in [-0.3, -0.25) is 0 Å². The zero-order valence-corrected chi connectivity index (χ0v) is 12.9. The molecule has 0 spiro atoms. The van der Waals surface area contributed by atoms with Crippen molar-refractivity contribution >= 4 is 62.1 Å². The predicted octanol–water partition coefficient (Wildman–Crippen LogP) is 5.55. The lowest BCUT2D eigenvalue weighted by Gasteiger charge is -2.10. The Morgan fingerprint density at radius 1 is 1.12 bits per heavy atom. The van der Waals surface area contributed by atoms with Gasteiger partial charge in [-0.2, -0.15) is 0 Å². The number of rotatable bonds is 2. The van der Waals surface area contributed by atoms with E-state index in [0.29, 0.717) is 20.6 Å². The van der Waals surface area contributed by atoms with Gasteiger partial charge in [0, 0.05) is 20.5 Å². The minimum atomic E-state index is -0.798. The SMILES string of the molecule is OC(c1cc(Cl)c(Br)s1)c1ccc(Cl)cc1Cl. The summed E-state index contributed by atoms with van der Waals surface area (Å²) in [6.07, 6.45) is -0.798. The Morgan fingerprint density at radius 2 is 1.82 bits per heavy atom. The molecule has 1 aromatic heterocycles. The smallest absolute Gasteiger partial charge is 0.115 e. The number of benzene rings is 1. The average Bonchev–Trinajstić information content (AvgIpc) is 2.58. The monoisotopic (exact) mass is 370 g/mol. The van der Waals surface area contributed by atoms with Gasteiger partial charge in [0.2, 0.25) is 0 Å². The maximum Gasteiger partial charge on any atom is 0.115 e. The molecule has 1 aromatic carbocycles. The highest BCUT2D eigenvalue weighted by molar-refractivity contribution is 9.11. The summed E-state index contributed by atoms with van der Waals surface area (Å²) in [5.74, 6) is 0. The van der Waals surface area contributed by atoms with Gasteiger partial charge in [-0.15, -0.1) is 11.3 Å². The zero-order chi connectivity index (χ0) is 12.6. The standard InChI is InChI=1S/C11H6BrCl3OS/c12-11-8(15)4-9(17-11)10(16)6-2-1-5(13)3-7(6)14/h1-4,10,16H. The second-order valence-corrected chi connectivity index (χ2v) is 6.99. The summed E-state index contributed by atoms with van der Waals surface area (Å²) in [4.78, 5) is 0.728. The minimum Gasteiger partial charge on any atom is -0.383 e. The van der Waals surface area contributed by atoms with Crippen molar-refractivity contribution in [2.24, 2.45) is 0 Å². The Bertz CT molecular complexity index is 536. The molecule has 1 nitrogen and oxygen atoms in total. The fourth-order valence-corrected chi connectivity index (χ4v) is 3.64. The summed E-state index contributed by atoms with van der Waals surface area (Å²) < 4.78 is 0.790. The molecule has 1 heterocycles. The third kappa shape index (κ3) is 2.98. The summed E-state index contributed by atoms with van der Waals surface area (Å²) >= 11 is 22.4. The molecule has 0 aliphatic heterocycles. The molecule has 90 valence electrons. The first kappa shape index (κ1) is 13.7. The molecular weight excluding hydrogens is 366 g/mol. The lowest BCUT2D eigenvalue weighted by molar-refractivity contribution is 0.224. The highest BCUT2D eigenvalue weighted by atomic mass is 79.9. The van der Waals surface area contributed by atoms with Crippen LogP contribution < -0.4 is 0 Å². The first-order valence-corrected chi connectivity index (χ1v) is 7.31. The molecule has 1 atom stereocenters. The molecule has 0 fully saturated rings. The highest BCUT2D eigenvalue weighted by Gasteiger charge is 2.17. The molecule has 17 heavy (non-hydrogen) atoms. The van der Waals surface area contributed by atoms with Gasteiger partial charge in [0.05, 0.1) is 8.81 Å². The lowest BCUT2D eigenvalue weighted by atomic mass is 10.1. The van der Waals surface area contributed by atoms with Crippen LogP contribution in [0.2, 0.25) is 15.1 Å². The van der Waals surface area contributed by atoms with E-state index in [2.05, 4.69) is 15.9 Å². The van der Waals surface area contributed by atoms with E-state index >= 15 is 0 Å². The summed E-state index contributed by atoms with van der Waals surface area (Å²) in [5.41, 5.74) is 0.612. The van der Waals surface area contributed by atoms with Crippen molar-refractivity contribution < 1.29 is 5.11 Å². The van der Waals surface area contributed by atoms with Gasteiger partial charge in [0.25, 0.3) is 0 Å². The Morgan fingerprint density at radius 3 is 2.35 bits per heavy atom. The van der Waals surface area contributed by atoms with Crippen LogP contribution in [0, 0.1) is 0 Å². The van der Waals surface area contributed by atoms with Crippen molar-refractivity contribution in [2.45, 2.75) is 6.10 Å². The van der Waals surface area contributed by atoms with E-state index in [9.17, 15) is 5.11 Å². The number of hydrogen-bond donors (Lipinski definition) is 1. The van der Waals surface area contributed by atoms with E-state index in [-0.39, 0.29) is 0 Å². The second kappa shape index (κ2) is 5.47. The van der Waals surface area contributed by atoms with Crippen LogP contribution in [-0.4, -0.2) is 5.11 Å². The van der Waals surface area contributed by atoms with Crippen molar-refractivity contribution in [3.63, 3.8) is 0 Å². The Labute approximate surface area is 126 Å². The van der Waals surface area contributed by atoms with Crippen molar-refractivity contribution in [2.75, 3.05) is 0 Å². The van der Waals surface area contributed by atoms with Gasteiger partial charge in [-0.25, -0.2) is 0 Å². The molecule has 0 saturated carbocycles. The van der Waals surface area contributed by atoms with Gasteiger partial charge in [-0.05, 0) is 34.1 Å². The first-order valence-electron chi connectivity index (χ1n) is 4.57. The number of thiophene rings is 1. The van der Waals surface area contributed by atoms with Crippen LogP contribution in [0.1, 0.15) is 16.5 Å². The Kier molecular flexibility index (Phi) is 4.40. The van der Waals surface area contributed by atoms with E-state index in [4.69, 9.17) is 34.8 Å². The second-order valence-electron chi connectivity index (χ2n) is 3.34. The molecule has 1 N–H and O–H groups in total.